The van der Waals surface area contributed by atoms with Crippen LogP contribution in [0.25, 0.3) is 0 Å². The molecule has 2 aromatic carbocycles. The average Bonchev–Trinajstić information content (AvgIpc) is 3.37. The summed E-state index contributed by atoms with van der Waals surface area (Å²) in [6, 6.07) is 9.14. The number of nitrogens with zero attached hydrogens (tertiary/aromatic N) is 1. The summed E-state index contributed by atoms with van der Waals surface area (Å²) >= 11 is 0. The number of carbonyl (C=O) groups is 1. The molecule has 33 heavy (non-hydrogen) atoms. The lowest BCUT2D eigenvalue weighted by Gasteiger charge is -2.20. The SMILES string of the molecule is O=C(CC1CC2CCC1C2)N/N=C/c1ccccc1OS(=O)(=O)c1ccc(C(F)(F)F)cc1. The van der Waals surface area contributed by atoms with Gasteiger partial charge in [0, 0.05) is 12.0 Å². The molecule has 1 amide bonds. The van der Waals surface area contributed by atoms with E-state index in [1.54, 1.807) is 18.2 Å². The van der Waals surface area contributed by atoms with Gasteiger partial charge in [0.15, 0.2) is 5.75 Å². The molecule has 0 spiro atoms. The van der Waals surface area contributed by atoms with E-state index in [4.69, 9.17) is 4.18 Å². The van der Waals surface area contributed by atoms with Crippen LogP contribution in [0.15, 0.2) is 58.5 Å². The third-order valence-electron chi connectivity index (χ3n) is 6.31. The normalized spacial score (nSPS) is 22.6. The lowest BCUT2D eigenvalue weighted by molar-refractivity contribution is -0.137. The van der Waals surface area contributed by atoms with Gasteiger partial charge in [-0.15, -0.1) is 0 Å². The number of alkyl halides is 3. The van der Waals surface area contributed by atoms with E-state index >= 15 is 0 Å². The van der Waals surface area contributed by atoms with Crippen LogP contribution in [0.2, 0.25) is 0 Å². The van der Waals surface area contributed by atoms with Gasteiger partial charge in [-0.05, 0) is 73.4 Å². The second-order valence-corrected chi connectivity index (χ2v) is 10.1. The maximum atomic E-state index is 12.7. The van der Waals surface area contributed by atoms with Crippen molar-refractivity contribution in [3.8, 4) is 5.75 Å². The van der Waals surface area contributed by atoms with Gasteiger partial charge in [-0.1, -0.05) is 18.6 Å². The van der Waals surface area contributed by atoms with E-state index in [1.165, 1.54) is 31.5 Å². The number of hydrogen-bond acceptors (Lipinski definition) is 5. The number of para-hydroxylation sites is 1. The van der Waals surface area contributed by atoms with Gasteiger partial charge in [0.2, 0.25) is 5.91 Å². The van der Waals surface area contributed by atoms with Gasteiger partial charge in [0.1, 0.15) is 4.90 Å². The third-order valence-corrected chi connectivity index (χ3v) is 7.56. The maximum absolute atomic E-state index is 12.7. The van der Waals surface area contributed by atoms with Gasteiger partial charge in [-0.3, -0.25) is 4.79 Å². The summed E-state index contributed by atoms with van der Waals surface area (Å²) in [5.41, 5.74) is 1.80. The summed E-state index contributed by atoms with van der Waals surface area (Å²) in [6.07, 6.45) is 1.85. The molecular formula is C23H23F3N2O4S. The van der Waals surface area contributed by atoms with E-state index in [0.29, 0.717) is 30.4 Å². The first-order valence-electron chi connectivity index (χ1n) is 10.6. The van der Waals surface area contributed by atoms with Crippen molar-refractivity contribution in [2.75, 3.05) is 0 Å². The second kappa shape index (κ2) is 9.17. The topological polar surface area (TPSA) is 84.8 Å². The van der Waals surface area contributed by atoms with Gasteiger partial charge in [0.05, 0.1) is 11.8 Å². The molecule has 2 saturated carbocycles. The Bertz CT molecular complexity index is 1150. The van der Waals surface area contributed by atoms with E-state index in [0.717, 1.165) is 24.5 Å². The summed E-state index contributed by atoms with van der Waals surface area (Å²) in [7, 11) is -4.38. The summed E-state index contributed by atoms with van der Waals surface area (Å²) in [4.78, 5) is 11.8. The van der Waals surface area contributed by atoms with Crippen molar-refractivity contribution in [3.63, 3.8) is 0 Å². The van der Waals surface area contributed by atoms with Gasteiger partial charge in [0.25, 0.3) is 0 Å². The minimum absolute atomic E-state index is 0.0662. The van der Waals surface area contributed by atoms with E-state index in [1.807, 2.05) is 0 Å². The molecule has 3 unspecified atom stereocenters. The molecule has 2 aliphatic carbocycles. The van der Waals surface area contributed by atoms with Crippen LogP contribution in [0, 0.1) is 17.8 Å². The molecule has 0 heterocycles. The van der Waals surface area contributed by atoms with Gasteiger partial charge >= 0.3 is 16.3 Å². The molecule has 0 saturated heterocycles. The summed E-state index contributed by atoms with van der Waals surface area (Å²) in [5, 5.41) is 3.92. The molecule has 0 aromatic heterocycles. The number of carbonyl (C=O) groups excluding carboxylic acids is 1. The van der Waals surface area contributed by atoms with E-state index in [9.17, 15) is 26.4 Å². The molecule has 3 atom stereocenters. The van der Waals surface area contributed by atoms with Crippen LogP contribution in [0.1, 0.15) is 43.2 Å². The van der Waals surface area contributed by atoms with Crippen molar-refractivity contribution in [1.29, 1.82) is 0 Å². The number of fused-ring (bicyclic) bond motifs is 2. The molecule has 2 aromatic rings. The number of halogens is 3. The Kier molecular flexibility index (Phi) is 6.47. The fraction of sp³-hybridized carbons (Fsp3) is 0.391. The number of hydrazone groups is 1. The smallest absolute Gasteiger partial charge is 0.378 e. The molecule has 6 nitrogen and oxygen atoms in total. The average molecular weight is 481 g/mol. The van der Waals surface area contributed by atoms with Crippen molar-refractivity contribution < 1.29 is 30.6 Å². The molecule has 1 N–H and O–H groups in total. The highest BCUT2D eigenvalue weighted by Gasteiger charge is 2.40. The van der Waals surface area contributed by atoms with Crippen molar-refractivity contribution >= 4 is 22.2 Å². The quantitative estimate of drug-likeness (QED) is 0.352. The highest BCUT2D eigenvalue weighted by atomic mass is 32.2. The Balaban J connectivity index is 1.40. The zero-order valence-corrected chi connectivity index (χ0v) is 18.4. The minimum atomic E-state index is -4.58. The van der Waals surface area contributed by atoms with E-state index < -0.39 is 26.8 Å². The second-order valence-electron chi connectivity index (χ2n) is 8.53. The Hall–Kier alpha value is -2.88. The molecule has 2 aliphatic rings. The predicted molar refractivity (Wildman–Crippen MR) is 115 cm³/mol. The monoisotopic (exact) mass is 480 g/mol. The van der Waals surface area contributed by atoms with Crippen LogP contribution in [0.3, 0.4) is 0 Å². The number of nitrogens with one attached hydrogen (secondary N) is 1. The molecule has 0 radical (unpaired) electrons. The fourth-order valence-electron chi connectivity index (χ4n) is 4.72. The largest absolute Gasteiger partial charge is 0.416 e. The zero-order chi connectivity index (χ0) is 23.6. The first kappa shape index (κ1) is 23.3. The Labute approximate surface area is 190 Å². The lowest BCUT2D eigenvalue weighted by Crippen LogP contribution is -2.23. The fourth-order valence-corrected chi connectivity index (χ4v) is 5.68. The number of rotatable bonds is 7. The predicted octanol–water partition coefficient (Wildman–Crippen LogP) is 4.75. The van der Waals surface area contributed by atoms with Crippen LogP contribution in [0.4, 0.5) is 13.2 Å². The summed E-state index contributed by atoms with van der Waals surface area (Å²) in [6.45, 7) is 0. The van der Waals surface area contributed by atoms with Crippen LogP contribution < -0.4 is 9.61 Å². The first-order valence-corrected chi connectivity index (χ1v) is 12.1. The molecule has 176 valence electrons. The highest BCUT2D eigenvalue weighted by Crippen LogP contribution is 2.49. The van der Waals surface area contributed by atoms with Crippen LogP contribution in [-0.2, 0) is 21.1 Å². The van der Waals surface area contributed by atoms with Gasteiger partial charge < -0.3 is 4.18 Å². The van der Waals surface area contributed by atoms with Crippen LogP contribution in [0.5, 0.6) is 5.75 Å². The number of amides is 1. The van der Waals surface area contributed by atoms with Crippen molar-refractivity contribution in [2.24, 2.45) is 22.9 Å². The third kappa shape index (κ3) is 5.55. The Morgan fingerprint density at radius 2 is 1.82 bits per heavy atom. The number of hydrogen-bond donors (Lipinski definition) is 1. The van der Waals surface area contributed by atoms with E-state index in [2.05, 4.69) is 10.5 Å². The van der Waals surface area contributed by atoms with Gasteiger partial charge in [-0.2, -0.15) is 26.7 Å². The standard InChI is InChI=1S/C23H23F3N2O4S/c24-23(25,26)19-7-9-20(10-8-19)33(30,31)32-21-4-2-1-3-17(21)14-27-28-22(29)13-18-12-15-5-6-16(18)11-15/h1-4,7-10,14-16,18H,5-6,11-13H2,(H,28,29)/b27-14+. The Morgan fingerprint density at radius 1 is 1.09 bits per heavy atom. The van der Waals surface area contributed by atoms with Gasteiger partial charge in [-0.25, -0.2) is 5.43 Å². The van der Waals surface area contributed by atoms with E-state index in [-0.39, 0.29) is 17.2 Å². The van der Waals surface area contributed by atoms with Crippen LogP contribution >= 0.6 is 0 Å². The molecule has 2 fully saturated rings. The molecular weight excluding hydrogens is 457 g/mol. The minimum Gasteiger partial charge on any atom is -0.378 e. The zero-order valence-electron chi connectivity index (χ0n) is 17.6. The number of benzene rings is 2. The molecule has 0 aliphatic heterocycles. The maximum Gasteiger partial charge on any atom is 0.416 e. The summed E-state index contributed by atoms with van der Waals surface area (Å²) in [5.74, 6) is 1.49. The van der Waals surface area contributed by atoms with Crippen molar-refractivity contribution in [2.45, 2.75) is 43.2 Å². The first-order chi connectivity index (χ1) is 15.6. The molecule has 4 rings (SSSR count). The van der Waals surface area contributed by atoms with Crippen LogP contribution in [-0.4, -0.2) is 20.5 Å². The van der Waals surface area contributed by atoms with Crippen molar-refractivity contribution in [3.05, 3.63) is 59.7 Å². The Morgan fingerprint density at radius 3 is 2.45 bits per heavy atom. The molecule has 10 heteroatoms. The summed E-state index contributed by atoms with van der Waals surface area (Å²) < 4.78 is 68.4. The lowest BCUT2D eigenvalue weighted by atomic mass is 9.86. The van der Waals surface area contributed by atoms with Crippen molar-refractivity contribution in [1.82, 2.24) is 5.43 Å². The highest BCUT2D eigenvalue weighted by molar-refractivity contribution is 7.87. The molecule has 2 bridgehead atoms.